The number of hydrogen-bond acceptors (Lipinski definition) is 4. The maximum absolute atomic E-state index is 12.3. The minimum absolute atomic E-state index is 0.249. The third-order valence-electron chi connectivity index (χ3n) is 3.23. The molecule has 1 amide bonds. The van der Waals surface area contributed by atoms with E-state index in [2.05, 4.69) is 26.4 Å². The summed E-state index contributed by atoms with van der Waals surface area (Å²) in [6.07, 6.45) is 1.97. The lowest BCUT2D eigenvalue weighted by atomic mass is 10.1. The largest absolute Gasteiger partial charge is 0.355 e. The fraction of sp³-hybridized carbons (Fsp3) is 0.0588. The number of anilines is 1. The van der Waals surface area contributed by atoms with Crippen LogP contribution in [-0.4, -0.2) is 17.3 Å². The molecule has 2 aromatic carbocycles. The van der Waals surface area contributed by atoms with Gasteiger partial charge in [0.25, 0.3) is 5.91 Å². The van der Waals surface area contributed by atoms with Gasteiger partial charge in [0.15, 0.2) is 11.5 Å². The Hall–Kier alpha value is -2.05. The minimum Gasteiger partial charge on any atom is -0.355 e. The molecule has 3 rings (SSSR count). The fourth-order valence-electron chi connectivity index (χ4n) is 2.07. The number of hydrogen-bond donors (Lipinski definition) is 1. The Morgan fingerprint density at radius 2 is 1.91 bits per heavy atom. The molecule has 0 saturated heterocycles. The zero-order valence-corrected chi connectivity index (χ0v) is 14.6. The van der Waals surface area contributed by atoms with Crippen molar-refractivity contribution >= 4 is 39.3 Å². The summed E-state index contributed by atoms with van der Waals surface area (Å²) in [5.74, 6) is 0.263. The van der Waals surface area contributed by atoms with Gasteiger partial charge in [-0.25, -0.2) is 0 Å². The van der Waals surface area contributed by atoms with Gasteiger partial charge < -0.3 is 9.84 Å². The Labute approximate surface area is 146 Å². The maximum atomic E-state index is 12.3. The van der Waals surface area contributed by atoms with Crippen LogP contribution < -0.4 is 5.32 Å². The third kappa shape index (κ3) is 3.65. The van der Waals surface area contributed by atoms with Crippen molar-refractivity contribution in [1.82, 2.24) is 5.16 Å². The maximum Gasteiger partial charge on any atom is 0.277 e. The monoisotopic (exact) mass is 388 g/mol. The zero-order chi connectivity index (χ0) is 16.2. The molecule has 0 saturated carbocycles. The first-order chi connectivity index (χ1) is 11.2. The van der Waals surface area contributed by atoms with Crippen molar-refractivity contribution in [2.75, 3.05) is 11.6 Å². The Morgan fingerprint density at radius 1 is 1.17 bits per heavy atom. The van der Waals surface area contributed by atoms with Gasteiger partial charge in [0, 0.05) is 21.0 Å². The van der Waals surface area contributed by atoms with E-state index in [1.165, 1.54) is 0 Å². The zero-order valence-electron chi connectivity index (χ0n) is 12.2. The van der Waals surface area contributed by atoms with Crippen LogP contribution in [0.5, 0.6) is 0 Å². The highest BCUT2D eigenvalue weighted by atomic mass is 79.9. The lowest BCUT2D eigenvalue weighted by molar-refractivity contribution is 0.101. The summed E-state index contributed by atoms with van der Waals surface area (Å²) in [6, 6.07) is 16.9. The number of benzene rings is 2. The van der Waals surface area contributed by atoms with Crippen molar-refractivity contribution in [1.29, 1.82) is 0 Å². The normalized spacial score (nSPS) is 10.5. The van der Waals surface area contributed by atoms with Crippen LogP contribution in [0.3, 0.4) is 0 Å². The molecule has 0 unspecified atom stereocenters. The standard InChI is InChI=1S/C17H13BrN2O2S/c1-23-16-5-3-2-4-13(16)19-17(21)14-10-15(22-20-14)11-6-8-12(18)9-7-11/h2-10H,1H3,(H,19,21). The molecule has 23 heavy (non-hydrogen) atoms. The highest BCUT2D eigenvalue weighted by molar-refractivity contribution is 9.10. The number of carbonyl (C=O) groups excluding carboxylic acids is 1. The van der Waals surface area contributed by atoms with Gasteiger partial charge in [-0.05, 0) is 30.5 Å². The lowest BCUT2D eigenvalue weighted by Gasteiger charge is -2.07. The van der Waals surface area contributed by atoms with Crippen LogP contribution in [0.4, 0.5) is 5.69 Å². The number of rotatable bonds is 4. The molecule has 4 nitrogen and oxygen atoms in total. The van der Waals surface area contributed by atoms with Crippen LogP contribution in [0.15, 0.2) is 68.5 Å². The molecule has 0 aliphatic rings. The predicted molar refractivity (Wildman–Crippen MR) is 95.8 cm³/mol. The van der Waals surface area contributed by atoms with Crippen LogP contribution in [0, 0.1) is 0 Å². The summed E-state index contributed by atoms with van der Waals surface area (Å²) in [6.45, 7) is 0. The number of carbonyl (C=O) groups is 1. The Morgan fingerprint density at radius 3 is 2.65 bits per heavy atom. The molecule has 0 radical (unpaired) electrons. The summed E-state index contributed by atoms with van der Waals surface area (Å²) >= 11 is 4.96. The van der Waals surface area contributed by atoms with Crippen molar-refractivity contribution in [3.8, 4) is 11.3 Å². The van der Waals surface area contributed by atoms with Gasteiger partial charge >= 0.3 is 0 Å². The van der Waals surface area contributed by atoms with E-state index in [0.717, 1.165) is 20.6 Å². The van der Waals surface area contributed by atoms with E-state index in [0.29, 0.717) is 5.76 Å². The number of para-hydroxylation sites is 1. The first-order valence-electron chi connectivity index (χ1n) is 6.84. The Kier molecular flexibility index (Phi) is 4.83. The van der Waals surface area contributed by atoms with E-state index in [-0.39, 0.29) is 11.6 Å². The quantitative estimate of drug-likeness (QED) is 0.633. The van der Waals surface area contributed by atoms with E-state index in [1.54, 1.807) is 17.8 Å². The van der Waals surface area contributed by atoms with Gasteiger partial charge in [0.05, 0.1) is 5.69 Å². The summed E-state index contributed by atoms with van der Waals surface area (Å²) in [7, 11) is 0. The van der Waals surface area contributed by atoms with Crippen LogP contribution in [0.2, 0.25) is 0 Å². The molecule has 0 aliphatic carbocycles. The molecule has 0 spiro atoms. The smallest absolute Gasteiger partial charge is 0.277 e. The number of halogens is 1. The SMILES string of the molecule is CSc1ccccc1NC(=O)c1cc(-c2ccc(Br)cc2)on1. The average Bonchev–Trinajstić information content (AvgIpc) is 3.06. The molecule has 6 heteroatoms. The molecule has 0 bridgehead atoms. The molecule has 0 fully saturated rings. The highest BCUT2D eigenvalue weighted by Crippen LogP contribution is 2.26. The van der Waals surface area contributed by atoms with E-state index in [4.69, 9.17) is 4.52 Å². The molecule has 116 valence electrons. The van der Waals surface area contributed by atoms with Crippen LogP contribution >= 0.6 is 27.7 Å². The number of nitrogens with zero attached hydrogens (tertiary/aromatic N) is 1. The van der Waals surface area contributed by atoms with Crippen molar-refractivity contribution in [3.05, 3.63) is 64.8 Å². The Balaban J connectivity index is 1.80. The van der Waals surface area contributed by atoms with E-state index in [9.17, 15) is 4.79 Å². The molecule has 1 aromatic heterocycles. The summed E-state index contributed by atoms with van der Waals surface area (Å²) < 4.78 is 6.25. The van der Waals surface area contributed by atoms with Gasteiger partial charge in [0.1, 0.15) is 0 Å². The first kappa shape index (κ1) is 15.8. The number of thioether (sulfide) groups is 1. The van der Waals surface area contributed by atoms with Gasteiger partial charge in [-0.3, -0.25) is 4.79 Å². The van der Waals surface area contributed by atoms with Crippen molar-refractivity contribution in [3.63, 3.8) is 0 Å². The second-order valence-corrected chi connectivity index (χ2v) is 6.50. The van der Waals surface area contributed by atoms with Gasteiger partial charge in [0.2, 0.25) is 0 Å². The van der Waals surface area contributed by atoms with Crippen molar-refractivity contribution in [2.24, 2.45) is 0 Å². The second-order valence-electron chi connectivity index (χ2n) is 4.74. The van der Waals surface area contributed by atoms with E-state index in [1.807, 2.05) is 54.8 Å². The average molecular weight is 389 g/mol. The van der Waals surface area contributed by atoms with Gasteiger partial charge in [-0.2, -0.15) is 0 Å². The van der Waals surface area contributed by atoms with Crippen LogP contribution in [-0.2, 0) is 0 Å². The molecule has 0 atom stereocenters. The third-order valence-corrected chi connectivity index (χ3v) is 4.55. The van der Waals surface area contributed by atoms with Crippen molar-refractivity contribution < 1.29 is 9.32 Å². The topological polar surface area (TPSA) is 55.1 Å². The number of aromatic nitrogens is 1. The molecule has 3 aromatic rings. The highest BCUT2D eigenvalue weighted by Gasteiger charge is 2.15. The van der Waals surface area contributed by atoms with Crippen LogP contribution in [0.1, 0.15) is 10.5 Å². The molecular weight excluding hydrogens is 376 g/mol. The van der Waals surface area contributed by atoms with Crippen molar-refractivity contribution in [2.45, 2.75) is 4.90 Å². The fourth-order valence-corrected chi connectivity index (χ4v) is 2.88. The van der Waals surface area contributed by atoms with Crippen LogP contribution in [0.25, 0.3) is 11.3 Å². The minimum atomic E-state index is -0.293. The summed E-state index contributed by atoms with van der Waals surface area (Å²) in [5.41, 5.74) is 1.88. The number of nitrogens with one attached hydrogen (secondary N) is 1. The number of amides is 1. The summed E-state index contributed by atoms with van der Waals surface area (Å²) in [4.78, 5) is 13.3. The second kappa shape index (κ2) is 7.02. The molecule has 1 heterocycles. The van der Waals surface area contributed by atoms with E-state index < -0.39 is 0 Å². The first-order valence-corrected chi connectivity index (χ1v) is 8.86. The van der Waals surface area contributed by atoms with E-state index >= 15 is 0 Å². The molecule has 0 aliphatic heterocycles. The summed E-state index contributed by atoms with van der Waals surface area (Å²) in [5, 5.41) is 6.72. The predicted octanol–water partition coefficient (Wildman–Crippen LogP) is 5.08. The Bertz CT molecular complexity index is 831. The lowest BCUT2D eigenvalue weighted by Crippen LogP contribution is -2.12. The molecule has 1 N–H and O–H groups in total. The molecular formula is C17H13BrN2O2S. The van der Waals surface area contributed by atoms with Gasteiger partial charge in [-0.15, -0.1) is 11.8 Å². The van der Waals surface area contributed by atoms with Gasteiger partial charge in [-0.1, -0.05) is 45.4 Å².